The van der Waals surface area contributed by atoms with Gasteiger partial charge in [0.25, 0.3) is 0 Å². The summed E-state index contributed by atoms with van der Waals surface area (Å²) < 4.78 is 5.66. The summed E-state index contributed by atoms with van der Waals surface area (Å²) in [4.78, 5) is 2.37. The van der Waals surface area contributed by atoms with Gasteiger partial charge in [0.05, 0.1) is 18.8 Å². The van der Waals surface area contributed by atoms with Crippen molar-refractivity contribution < 1.29 is 9.84 Å². The highest BCUT2D eigenvalue weighted by Crippen LogP contribution is 2.40. The van der Waals surface area contributed by atoms with Crippen LogP contribution in [-0.2, 0) is 10.3 Å². The smallest absolute Gasteiger partial charge is 0.0928 e. The molecule has 2 unspecified atom stereocenters. The molecule has 2 heterocycles. The third-order valence-corrected chi connectivity index (χ3v) is 5.45. The number of likely N-dealkylation sites (N-methyl/N-ethyl adjacent to an activating group) is 1. The van der Waals surface area contributed by atoms with Crippen LogP contribution in [0.2, 0.25) is 0 Å². The molecule has 4 rings (SSSR count). The highest BCUT2D eigenvalue weighted by atomic mass is 16.5. The molecule has 0 radical (unpaired) electrons. The number of morpholine rings is 1. The molecule has 2 atom stereocenters. The minimum atomic E-state index is -0.735. The predicted molar refractivity (Wildman–Crippen MR) is 91.2 cm³/mol. The highest BCUT2D eigenvalue weighted by Gasteiger charge is 2.45. The standard InChI is InChI=1S/C20H23NO2/c1-21-18-11-20(22,12-19(21)14-23-13-18)17-9-7-16(8-10-17)15-5-3-2-4-6-15/h2-10,18-19,22H,11-14H2,1H3. The van der Waals surface area contributed by atoms with E-state index < -0.39 is 5.60 Å². The quantitative estimate of drug-likeness (QED) is 0.925. The van der Waals surface area contributed by atoms with Gasteiger partial charge in [-0.1, -0.05) is 54.6 Å². The number of nitrogens with zero attached hydrogens (tertiary/aromatic N) is 1. The van der Waals surface area contributed by atoms with Gasteiger partial charge in [-0.3, -0.25) is 4.90 Å². The summed E-state index contributed by atoms with van der Waals surface area (Å²) >= 11 is 0. The van der Waals surface area contributed by atoms with Crippen LogP contribution < -0.4 is 0 Å². The Balaban J connectivity index is 1.60. The van der Waals surface area contributed by atoms with Crippen LogP contribution in [0.3, 0.4) is 0 Å². The number of ether oxygens (including phenoxy) is 1. The minimum absolute atomic E-state index is 0.307. The predicted octanol–water partition coefficient (Wildman–Crippen LogP) is 3.03. The van der Waals surface area contributed by atoms with Gasteiger partial charge in [0.2, 0.25) is 0 Å². The second-order valence-electron chi connectivity index (χ2n) is 6.89. The first kappa shape index (κ1) is 14.9. The van der Waals surface area contributed by atoms with Crippen molar-refractivity contribution >= 4 is 0 Å². The van der Waals surface area contributed by atoms with Crippen molar-refractivity contribution in [2.45, 2.75) is 30.5 Å². The molecule has 0 saturated carbocycles. The van der Waals surface area contributed by atoms with E-state index in [2.05, 4.69) is 60.5 Å². The Morgan fingerprint density at radius 3 is 2.09 bits per heavy atom. The molecule has 0 aliphatic carbocycles. The second-order valence-corrected chi connectivity index (χ2v) is 6.89. The first-order chi connectivity index (χ1) is 11.2. The molecule has 120 valence electrons. The van der Waals surface area contributed by atoms with Gasteiger partial charge in [0.1, 0.15) is 0 Å². The number of rotatable bonds is 2. The lowest BCUT2D eigenvalue weighted by Gasteiger charge is -2.50. The molecule has 2 fully saturated rings. The van der Waals surface area contributed by atoms with Gasteiger partial charge in [-0.25, -0.2) is 0 Å². The Hall–Kier alpha value is -1.68. The van der Waals surface area contributed by atoms with Gasteiger partial charge in [-0.05, 0) is 36.6 Å². The molecule has 2 saturated heterocycles. The van der Waals surface area contributed by atoms with Crippen molar-refractivity contribution in [3.8, 4) is 11.1 Å². The van der Waals surface area contributed by atoms with Crippen molar-refractivity contribution in [1.29, 1.82) is 0 Å². The summed E-state index contributed by atoms with van der Waals surface area (Å²) in [5.74, 6) is 0. The Bertz CT molecular complexity index is 654. The lowest BCUT2D eigenvalue weighted by Crippen LogP contribution is -2.59. The van der Waals surface area contributed by atoms with E-state index in [1.165, 1.54) is 11.1 Å². The highest BCUT2D eigenvalue weighted by molar-refractivity contribution is 5.63. The number of hydrogen-bond acceptors (Lipinski definition) is 3. The summed E-state index contributed by atoms with van der Waals surface area (Å²) in [6.45, 7) is 1.44. The van der Waals surface area contributed by atoms with Gasteiger partial charge >= 0.3 is 0 Å². The van der Waals surface area contributed by atoms with E-state index >= 15 is 0 Å². The van der Waals surface area contributed by atoms with E-state index in [-0.39, 0.29) is 0 Å². The topological polar surface area (TPSA) is 32.7 Å². The Morgan fingerprint density at radius 1 is 0.913 bits per heavy atom. The fourth-order valence-corrected chi connectivity index (χ4v) is 3.98. The summed E-state index contributed by atoms with van der Waals surface area (Å²) in [6, 6.07) is 19.4. The van der Waals surface area contributed by atoms with Crippen LogP contribution in [0.5, 0.6) is 0 Å². The number of fused-ring (bicyclic) bond motifs is 2. The van der Waals surface area contributed by atoms with Crippen molar-refractivity contribution in [1.82, 2.24) is 4.90 Å². The number of aliphatic hydroxyl groups is 1. The zero-order valence-electron chi connectivity index (χ0n) is 13.5. The third kappa shape index (κ3) is 2.69. The molecule has 3 heteroatoms. The molecule has 2 aromatic rings. The maximum Gasteiger partial charge on any atom is 0.0928 e. The maximum absolute atomic E-state index is 11.2. The first-order valence-corrected chi connectivity index (χ1v) is 8.34. The van der Waals surface area contributed by atoms with Crippen LogP contribution in [0.1, 0.15) is 18.4 Å². The summed E-state index contributed by atoms with van der Waals surface area (Å²) in [6.07, 6.45) is 1.48. The van der Waals surface area contributed by atoms with E-state index in [0.717, 1.165) is 31.6 Å². The van der Waals surface area contributed by atoms with Crippen molar-refractivity contribution in [2.75, 3.05) is 20.3 Å². The number of hydrogen-bond donors (Lipinski definition) is 1. The summed E-state index contributed by atoms with van der Waals surface area (Å²) in [5, 5.41) is 11.2. The molecule has 0 spiro atoms. The van der Waals surface area contributed by atoms with Crippen LogP contribution in [0.4, 0.5) is 0 Å². The molecule has 0 aromatic heterocycles. The average molecular weight is 309 g/mol. The van der Waals surface area contributed by atoms with Crippen molar-refractivity contribution in [3.63, 3.8) is 0 Å². The SMILES string of the molecule is CN1C2COCC1CC(O)(c1ccc(-c3ccccc3)cc1)C2. The zero-order valence-corrected chi connectivity index (χ0v) is 13.5. The number of piperidine rings is 1. The van der Waals surface area contributed by atoms with E-state index in [4.69, 9.17) is 4.74 Å². The fraction of sp³-hybridized carbons (Fsp3) is 0.400. The maximum atomic E-state index is 11.2. The lowest BCUT2D eigenvalue weighted by atomic mass is 9.77. The minimum Gasteiger partial charge on any atom is -0.385 e. The molecule has 2 aliphatic rings. The summed E-state index contributed by atoms with van der Waals surface area (Å²) in [7, 11) is 2.15. The molecular formula is C20H23NO2. The Morgan fingerprint density at radius 2 is 1.48 bits per heavy atom. The van der Waals surface area contributed by atoms with Crippen molar-refractivity contribution in [3.05, 3.63) is 60.2 Å². The van der Waals surface area contributed by atoms with Crippen LogP contribution in [0.25, 0.3) is 11.1 Å². The Labute approximate surface area is 137 Å². The van der Waals surface area contributed by atoms with E-state index in [9.17, 15) is 5.11 Å². The molecule has 23 heavy (non-hydrogen) atoms. The molecule has 2 bridgehead atoms. The molecular weight excluding hydrogens is 286 g/mol. The van der Waals surface area contributed by atoms with Crippen LogP contribution >= 0.6 is 0 Å². The van der Waals surface area contributed by atoms with Crippen molar-refractivity contribution in [2.24, 2.45) is 0 Å². The molecule has 2 aromatic carbocycles. The molecule has 2 aliphatic heterocycles. The van der Waals surface area contributed by atoms with Crippen LogP contribution in [-0.4, -0.2) is 42.4 Å². The van der Waals surface area contributed by atoms with Gasteiger partial charge in [-0.15, -0.1) is 0 Å². The average Bonchev–Trinajstić information content (AvgIpc) is 2.57. The van der Waals surface area contributed by atoms with Gasteiger partial charge < -0.3 is 9.84 Å². The molecule has 3 nitrogen and oxygen atoms in total. The van der Waals surface area contributed by atoms with E-state index in [1.807, 2.05) is 6.07 Å². The number of benzene rings is 2. The van der Waals surface area contributed by atoms with Crippen LogP contribution in [0, 0.1) is 0 Å². The van der Waals surface area contributed by atoms with Gasteiger partial charge in [0, 0.05) is 12.1 Å². The van der Waals surface area contributed by atoms with Gasteiger partial charge in [0.15, 0.2) is 0 Å². The summed E-state index contributed by atoms with van der Waals surface area (Å²) in [5.41, 5.74) is 2.69. The third-order valence-electron chi connectivity index (χ3n) is 5.45. The van der Waals surface area contributed by atoms with Crippen LogP contribution in [0.15, 0.2) is 54.6 Å². The van der Waals surface area contributed by atoms with Gasteiger partial charge in [-0.2, -0.15) is 0 Å². The monoisotopic (exact) mass is 309 g/mol. The second kappa shape index (κ2) is 5.75. The largest absolute Gasteiger partial charge is 0.385 e. The van der Waals surface area contributed by atoms with E-state index in [0.29, 0.717) is 12.1 Å². The Kier molecular flexibility index (Phi) is 3.72. The first-order valence-electron chi connectivity index (χ1n) is 8.34. The lowest BCUT2D eigenvalue weighted by molar-refractivity contribution is -0.137. The molecule has 1 N–H and O–H groups in total. The molecule has 0 amide bonds. The zero-order chi connectivity index (χ0) is 15.9. The van der Waals surface area contributed by atoms with E-state index in [1.54, 1.807) is 0 Å². The fourth-order valence-electron chi connectivity index (χ4n) is 3.98. The normalized spacial score (nSPS) is 31.0.